The monoisotopic (exact) mass is 259 g/mol. The third-order valence-corrected chi connectivity index (χ3v) is 4.50. The topological polar surface area (TPSA) is 29.1 Å². The van der Waals surface area contributed by atoms with Crippen molar-refractivity contribution in [2.45, 2.75) is 57.9 Å². The van der Waals surface area contributed by atoms with Gasteiger partial charge in [0.05, 0.1) is 5.54 Å². The van der Waals surface area contributed by atoms with Gasteiger partial charge in [0.2, 0.25) is 5.91 Å². The standard InChI is InChI=1S/C17H25NO/c1-3-14(4-2)16(19)18-17(12-8-9-13-17)15-10-6-5-7-11-15/h5-7,10-11,14H,3-4,8-9,12-13H2,1-2H3,(H,18,19). The molecule has 2 nitrogen and oxygen atoms in total. The average molecular weight is 259 g/mol. The summed E-state index contributed by atoms with van der Waals surface area (Å²) in [5, 5.41) is 3.37. The second-order valence-electron chi connectivity index (χ2n) is 5.66. The molecule has 2 rings (SSSR count). The molecule has 0 radical (unpaired) electrons. The number of nitrogens with one attached hydrogen (secondary N) is 1. The molecular weight excluding hydrogens is 234 g/mol. The Hall–Kier alpha value is -1.31. The molecule has 0 atom stereocenters. The lowest BCUT2D eigenvalue weighted by atomic mass is 9.87. The minimum absolute atomic E-state index is 0.110. The first-order chi connectivity index (χ1) is 9.22. The largest absolute Gasteiger partial charge is 0.346 e. The zero-order valence-corrected chi connectivity index (χ0v) is 12.1. The van der Waals surface area contributed by atoms with Crippen LogP contribution in [0.2, 0.25) is 0 Å². The Morgan fingerprint density at radius 3 is 2.26 bits per heavy atom. The van der Waals surface area contributed by atoms with Crippen molar-refractivity contribution in [3.05, 3.63) is 35.9 Å². The van der Waals surface area contributed by atoms with E-state index in [-0.39, 0.29) is 17.4 Å². The van der Waals surface area contributed by atoms with Crippen LogP contribution in [0.5, 0.6) is 0 Å². The number of amides is 1. The quantitative estimate of drug-likeness (QED) is 0.850. The van der Waals surface area contributed by atoms with E-state index in [0.29, 0.717) is 0 Å². The molecule has 1 amide bonds. The van der Waals surface area contributed by atoms with Crippen molar-refractivity contribution in [2.75, 3.05) is 0 Å². The summed E-state index contributed by atoms with van der Waals surface area (Å²) in [5.41, 5.74) is 1.16. The van der Waals surface area contributed by atoms with E-state index in [0.717, 1.165) is 25.7 Å². The minimum Gasteiger partial charge on any atom is -0.346 e. The fourth-order valence-corrected chi connectivity index (χ4v) is 3.22. The van der Waals surface area contributed by atoms with Crippen LogP contribution in [0, 0.1) is 5.92 Å². The van der Waals surface area contributed by atoms with Crippen molar-refractivity contribution in [3.8, 4) is 0 Å². The molecule has 0 aliphatic heterocycles. The third-order valence-electron chi connectivity index (χ3n) is 4.50. The molecular formula is C17H25NO. The summed E-state index contributed by atoms with van der Waals surface area (Å²) >= 11 is 0. The SMILES string of the molecule is CCC(CC)C(=O)NC1(c2ccccc2)CCCC1. The zero-order valence-electron chi connectivity index (χ0n) is 12.1. The van der Waals surface area contributed by atoms with Gasteiger partial charge in [-0.15, -0.1) is 0 Å². The van der Waals surface area contributed by atoms with E-state index in [2.05, 4.69) is 43.4 Å². The van der Waals surface area contributed by atoms with Crippen molar-refractivity contribution in [1.29, 1.82) is 0 Å². The van der Waals surface area contributed by atoms with Crippen LogP contribution < -0.4 is 5.32 Å². The molecule has 104 valence electrons. The Kier molecular flexibility index (Phi) is 4.62. The predicted molar refractivity (Wildman–Crippen MR) is 78.8 cm³/mol. The Labute approximate surface area is 116 Å². The van der Waals surface area contributed by atoms with Crippen molar-refractivity contribution in [2.24, 2.45) is 5.92 Å². The summed E-state index contributed by atoms with van der Waals surface area (Å²) < 4.78 is 0. The van der Waals surface area contributed by atoms with Gasteiger partial charge in [-0.05, 0) is 31.2 Å². The maximum atomic E-state index is 12.4. The predicted octanol–water partition coefficient (Wildman–Crippen LogP) is 4.01. The van der Waals surface area contributed by atoms with Gasteiger partial charge >= 0.3 is 0 Å². The highest BCUT2D eigenvalue weighted by Gasteiger charge is 2.37. The second-order valence-corrected chi connectivity index (χ2v) is 5.66. The molecule has 1 aliphatic rings. The fraction of sp³-hybridized carbons (Fsp3) is 0.588. The molecule has 19 heavy (non-hydrogen) atoms. The molecule has 0 unspecified atom stereocenters. The Balaban J connectivity index is 2.19. The molecule has 1 aromatic rings. The molecule has 0 heterocycles. The lowest BCUT2D eigenvalue weighted by Crippen LogP contribution is -2.46. The molecule has 0 aromatic heterocycles. The van der Waals surface area contributed by atoms with Gasteiger partial charge in [-0.2, -0.15) is 0 Å². The molecule has 1 fully saturated rings. The number of benzene rings is 1. The Bertz CT molecular complexity index is 403. The van der Waals surface area contributed by atoms with Gasteiger partial charge in [-0.1, -0.05) is 57.0 Å². The van der Waals surface area contributed by atoms with E-state index in [1.54, 1.807) is 0 Å². The van der Waals surface area contributed by atoms with Gasteiger partial charge in [0.15, 0.2) is 0 Å². The third kappa shape index (κ3) is 2.99. The molecule has 0 saturated heterocycles. The van der Waals surface area contributed by atoms with Gasteiger partial charge in [0, 0.05) is 5.92 Å². The summed E-state index contributed by atoms with van der Waals surface area (Å²) in [6.45, 7) is 4.19. The molecule has 0 spiro atoms. The normalized spacial score (nSPS) is 17.6. The molecule has 1 saturated carbocycles. The summed E-state index contributed by atoms with van der Waals surface area (Å²) in [7, 11) is 0. The van der Waals surface area contributed by atoms with Crippen LogP contribution in [0.1, 0.15) is 57.9 Å². The zero-order chi connectivity index (χ0) is 13.7. The number of carbonyl (C=O) groups excluding carboxylic acids is 1. The maximum Gasteiger partial charge on any atom is 0.223 e. The lowest BCUT2D eigenvalue weighted by Gasteiger charge is -2.32. The Morgan fingerprint density at radius 2 is 1.74 bits per heavy atom. The van der Waals surface area contributed by atoms with Gasteiger partial charge < -0.3 is 5.32 Å². The first kappa shape index (κ1) is 14.1. The maximum absolute atomic E-state index is 12.4. The molecule has 1 aliphatic carbocycles. The van der Waals surface area contributed by atoms with Crippen LogP contribution in [0.3, 0.4) is 0 Å². The first-order valence-electron chi connectivity index (χ1n) is 7.59. The number of hydrogen-bond donors (Lipinski definition) is 1. The van der Waals surface area contributed by atoms with E-state index in [1.165, 1.54) is 18.4 Å². The molecule has 2 heteroatoms. The van der Waals surface area contributed by atoms with E-state index < -0.39 is 0 Å². The van der Waals surface area contributed by atoms with Crippen LogP contribution in [-0.4, -0.2) is 5.91 Å². The van der Waals surface area contributed by atoms with E-state index >= 15 is 0 Å². The van der Waals surface area contributed by atoms with Gasteiger partial charge in [-0.3, -0.25) is 4.79 Å². The van der Waals surface area contributed by atoms with Crippen LogP contribution >= 0.6 is 0 Å². The summed E-state index contributed by atoms with van der Waals surface area (Å²) in [5.74, 6) is 0.386. The summed E-state index contributed by atoms with van der Waals surface area (Å²) in [4.78, 5) is 12.4. The highest BCUT2D eigenvalue weighted by Crippen LogP contribution is 2.39. The van der Waals surface area contributed by atoms with Crippen molar-refractivity contribution in [1.82, 2.24) is 5.32 Å². The lowest BCUT2D eigenvalue weighted by molar-refractivity contribution is -0.127. The van der Waals surface area contributed by atoms with Crippen molar-refractivity contribution < 1.29 is 4.79 Å². The highest BCUT2D eigenvalue weighted by atomic mass is 16.2. The number of rotatable bonds is 5. The van der Waals surface area contributed by atoms with E-state index in [4.69, 9.17) is 0 Å². The van der Waals surface area contributed by atoms with Crippen LogP contribution in [-0.2, 0) is 10.3 Å². The summed E-state index contributed by atoms with van der Waals surface area (Å²) in [6, 6.07) is 10.5. The smallest absolute Gasteiger partial charge is 0.223 e. The second kappa shape index (κ2) is 6.23. The Morgan fingerprint density at radius 1 is 1.16 bits per heavy atom. The minimum atomic E-state index is -0.110. The first-order valence-corrected chi connectivity index (χ1v) is 7.59. The van der Waals surface area contributed by atoms with E-state index in [1.807, 2.05) is 6.07 Å². The van der Waals surface area contributed by atoms with Crippen molar-refractivity contribution in [3.63, 3.8) is 0 Å². The van der Waals surface area contributed by atoms with Gasteiger partial charge in [-0.25, -0.2) is 0 Å². The molecule has 0 bridgehead atoms. The average Bonchev–Trinajstić information content (AvgIpc) is 2.91. The number of hydrogen-bond acceptors (Lipinski definition) is 1. The van der Waals surface area contributed by atoms with Crippen LogP contribution in [0.15, 0.2) is 30.3 Å². The van der Waals surface area contributed by atoms with Crippen LogP contribution in [0.25, 0.3) is 0 Å². The van der Waals surface area contributed by atoms with Crippen LogP contribution in [0.4, 0.5) is 0 Å². The molecule has 1 N–H and O–H groups in total. The number of carbonyl (C=O) groups is 1. The van der Waals surface area contributed by atoms with Gasteiger partial charge in [0.25, 0.3) is 0 Å². The van der Waals surface area contributed by atoms with Crippen molar-refractivity contribution >= 4 is 5.91 Å². The van der Waals surface area contributed by atoms with E-state index in [9.17, 15) is 4.79 Å². The molecule has 1 aromatic carbocycles. The highest BCUT2D eigenvalue weighted by molar-refractivity contribution is 5.79. The summed E-state index contributed by atoms with van der Waals surface area (Å²) in [6.07, 6.45) is 6.41. The fourth-order valence-electron chi connectivity index (χ4n) is 3.22. The van der Waals surface area contributed by atoms with Gasteiger partial charge in [0.1, 0.15) is 0 Å².